The molecule has 18 heavy (non-hydrogen) atoms. The molecule has 2 aromatic rings. The van der Waals surface area contributed by atoms with Crippen molar-refractivity contribution in [2.24, 2.45) is 0 Å². The Morgan fingerprint density at radius 1 is 1.44 bits per heavy atom. The molecule has 6 heteroatoms. The van der Waals surface area contributed by atoms with Crippen molar-refractivity contribution in [3.63, 3.8) is 0 Å². The molecule has 2 heterocycles. The Balaban J connectivity index is 2.10. The standard InChI is InChI=1S/C12H17N5O/c1-8(2)17-6-4-5-10(17)12(18)15-9(3)11-13-7-14-16-11/h4-9H,1-3H3,(H,15,18)(H,13,14,16). The Hall–Kier alpha value is -2.11. The van der Waals surface area contributed by atoms with Crippen molar-refractivity contribution < 1.29 is 4.79 Å². The van der Waals surface area contributed by atoms with E-state index in [-0.39, 0.29) is 18.0 Å². The molecule has 0 radical (unpaired) electrons. The summed E-state index contributed by atoms with van der Waals surface area (Å²) in [5.74, 6) is 0.531. The Morgan fingerprint density at radius 2 is 2.22 bits per heavy atom. The van der Waals surface area contributed by atoms with E-state index in [0.29, 0.717) is 11.5 Å². The third kappa shape index (κ3) is 2.42. The SMILES string of the molecule is CC(NC(=O)c1cccn1C(C)C)c1ncn[nH]1. The van der Waals surface area contributed by atoms with Gasteiger partial charge in [0.15, 0.2) is 0 Å². The molecule has 1 atom stereocenters. The Bertz CT molecular complexity index is 514. The second-order valence-electron chi connectivity index (χ2n) is 4.46. The number of nitrogens with zero attached hydrogens (tertiary/aromatic N) is 3. The molecule has 1 amide bonds. The quantitative estimate of drug-likeness (QED) is 0.863. The van der Waals surface area contributed by atoms with Gasteiger partial charge in [-0.15, -0.1) is 0 Å². The zero-order chi connectivity index (χ0) is 13.1. The van der Waals surface area contributed by atoms with Crippen molar-refractivity contribution in [3.05, 3.63) is 36.2 Å². The first-order valence-electron chi connectivity index (χ1n) is 5.92. The predicted octanol–water partition coefficient (Wildman–Crippen LogP) is 1.68. The molecule has 0 saturated carbocycles. The zero-order valence-corrected chi connectivity index (χ0v) is 10.7. The molecule has 0 bridgehead atoms. The summed E-state index contributed by atoms with van der Waals surface area (Å²) < 4.78 is 1.93. The van der Waals surface area contributed by atoms with Gasteiger partial charge in [-0.3, -0.25) is 9.89 Å². The minimum absolute atomic E-state index is 0.113. The van der Waals surface area contributed by atoms with Crippen LogP contribution in [0.15, 0.2) is 24.7 Å². The van der Waals surface area contributed by atoms with Crippen molar-refractivity contribution >= 4 is 5.91 Å². The average molecular weight is 247 g/mol. The van der Waals surface area contributed by atoms with Gasteiger partial charge in [0.2, 0.25) is 0 Å². The molecule has 96 valence electrons. The van der Waals surface area contributed by atoms with E-state index in [9.17, 15) is 4.79 Å². The summed E-state index contributed by atoms with van der Waals surface area (Å²) in [6, 6.07) is 3.73. The van der Waals surface area contributed by atoms with E-state index >= 15 is 0 Å². The molecule has 0 aliphatic carbocycles. The van der Waals surface area contributed by atoms with Gasteiger partial charge in [-0.1, -0.05) is 0 Å². The third-order valence-corrected chi connectivity index (χ3v) is 2.76. The normalized spacial score (nSPS) is 12.7. The van der Waals surface area contributed by atoms with Gasteiger partial charge in [-0.05, 0) is 32.9 Å². The molecule has 2 N–H and O–H groups in total. The van der Waals surface area contributed by atoms with E-state index in [1.165, 1.54) is 6.33 Å². The lowest BCUT2D eigenvalue weighted by Crippen LogP contribution is -2.29. The van der Waals surface area contributed by atoms with Gasteiger partial charge >= 0.3 is 0 Å². The molecular formula is C12H17N5O. The van der Waals surface area contributed by atoms with Gasteiger partial charge in [0.05, 0.1) is 6.04 Å². The fraction of sp³-hybridized carbons (Fsp3) is 0.417. The smallest absolute Gasteiger partial charge is 0.268 e. The van der Waals surface area contributed by atoms with Crippen LogP contribution in [0.2, 0.25) is 0 Å². The van der Waals surface area contributed by atoms with Crippen LogP contribution in [-0.2, 0) is 0 Å². The van der Waals surface area contributed by atoms with Crippen LogP contribution in [-0.4, -0.2) is 25.7 Å². The van der Waals surface area contributed by atoms with Crippen LogP contribution in [0, 0.1) is 0 Å². The van der Waals surface area contributed by atoms with Crippen molar-refractivity contribution in [1.29, 1.82) is 0 Å². The Labute approximate surface area is 105 Å². The first kappa shape index (κ1) is 12.3. The van der Waals surface area contributed by atoms with Crippen LogP contribution in [0.3, 0.4) is 0 Å². The first-order valence-corrected chi connectivity index (χ1v) is 5.92. The van der Waals surface area contributed by atoms with Gasteiger partial charge in [-0.2, -0.15) is 5.10 Å². The van der Waals surface area contributed by atoms with E-state index in [2.05, 4.69) is 20.5 Å². The van der Waals surface area contributed by atoms with Crippen LogP contribution < -0.4 is 5.32 Å². The van der Waals surface area contributed by atoms with E-state index in [0.717, 1.165) is 0 Å². The Morgan fingerprint density at radius 3 is 2.83 bits per heavy atom. The molecular weight excluding hydrogens is 230 g/mol. The summed E-state index contributed by atoms with van der Waals surface area (Å²) in [6.45, 7) is 5.94. The van der Waals surface area contributed by atoms with Crippen LogP contribution in [0.5, 0.6) is 0 Å². The lowest BCUT2D eigenvalue weighted by Gasteiger charge is -2.15. The van der Waals surface area contributed by atoms with E-state index in [1.54, 1.807) is 0 Å². The van der Waals surface area contributed by atoms with Gasteiger partial charge < -0.3 is 9.88 Å². The zero-order valence-electron chi connectivity index (χ0n) is 10.7. The maximum absolute atomic E-state index is 12.1. The number of nitrogens with one attached hydrogen (secondary N) is 2. The molecule has 0 aliphatic rings. The van der Waals surface area contributed by atoms with Crippen molar-refractivity contribution in [1.82, 2.24) is 25.1 Å². The average Bonchev–Trinajstić information content (AvgIpc) is 3.00. The second-order valence-corrected chi connectivity index (χ2v) is 4.46. The maximum atomic E-state index is 12.1. The minimum atomic E-state index is -0.199. The maximum Gasteiger partial charge on any atom is 0.268 e. The summed E-state index contributed by atoms with van der Waals surface area (Å²) in [7, 11) is 0. The molecule has 0 fully saturated rings. The molecule has 2 rings (SSSR count). The highest BCUT2D eigenvalue weighted by atomic mass is 16.2. The number of H-pyrrole nitrogens is 1. The Kier molecular flexibility index (Phi) is 3.45. The number of amides is 1. The number of carbonyl (C=O) groups excluding carboxylic acids is 1. The van der Waals surface area contributed by atoms with Crippen LogP contribution in [0.25, 0.3) is 0 Å². The molecule has 0 saturated heterocycles. The highest BCUT2D eigenvalue weighted by Crippen LogP contribution is 2.12. The van der Waals surface area contributed by atoms with Gasteiger partial charge in [0.1, 0.15) is 17.8 Å². The van der Waals surface area contributed by atoms with Gasteiger partial charge in [0, 0.05) is 12.2 Å². The van der Waals surface area contributed by atoms with Crippen LogP contribution in [0.1, 0.15) is 49.2 Å². The monoisotopic (exact) mass is 247 g/mol. The molecule has 1 unspecified atom stereocenters. The number of hydrogen-bond acceptors (Lipinski definition) is 3. The van der Waals surface area contributed by atoms with Crippen LogP contribution >= 0.6 is 0 Å². The van der Waals surface area contributed by atoms with Crippen molar-refractivity contribution in [2.75, 3.05) is 0 Å². The molecule has 6 nitrogen and oxygen atoms in total. The lowest BCUT2D eigenvalue weighted by molar-refractivity contribution is 0.0927. The summed E-state index contributed by atoms with van der Waals surface area (Å²) in [5.41, 5.74) is 0.649. The first-order chi connectivity index (χ1) is 8.59. The topological polar surface area (TPSA) is 75.6 Å². The third-order valence-electron chi connectivity index (χ3n) is 2.76. The van der Waals surface area contributed by atoms with Gasteiger partial charge in [0.25, 0.3) is 5.91 Å². The fourth-order valence-electron chi connectivity index (χ4n) is 1.80. The predicted molar refractivity (Wildman–Crippen MR) is 67.1 cm³/mol. The van der Waals surface area contributed by atoms with Crippen molar-refractivity contribution in [2.45, 2.75) is 32.9 Å². The number of aromatic nitrogens is 4. The molecule has 2 aromatic heterocycles. The molecule has 0 aromatic carbocycles. The minimum Gasteiger partial charge on any atom is -0.341 e. The van der Waals surface area contributed by atoms with Crippen molar-refractivity contribution in [3.8, 4) is 0 Å². The lowest BCUT2D eigenvalue weighted by atomic mass is 10.3. The second kappa shape index (κ2) is 5.03. The summed E-state index contributed by atoms with van der Waals surface area (Å²) in [5, 5.41) is 9.40. The number of carbonyl (C=O) groups is 1. The van der Waals surface area contributed by atoms with Crippen LogP contribution in [0.4, 0.5) is 0 Å². The molecule has 0 aliphatic heterocycles. The fourth-order valence-corrected chi connectivity index (χ4v) is 1.80. The van der Waals surface area contributed by atoms with E-state index in [4.69, 9.17) is 0 Å². The van der Waals surface area contributed by atoms with E-state index < -0.39 is 0 Å². The molecule has 0 spiro atoms. The number of aromatic amines is 1. The largest absolute Gasteiger partial charge is 0.341 e. The highest BCUT2D eigenvalue weighted by molar-refractivity contribution is 5.93. The number of hydrogen-bond donors (Lipinski definition) is 2. The van der Waals surface area contributed by atoms with Gasteiger partial charge in [-0.25, -0.2) is 4.98 Å². The summed E-state index contributed by atoms with van der Waals surface area (Å²) in [4.78, 5) is 16.2. The summed E-state index contributed by atoms with van der Waals surface area (Å²) >= 11 is 0. The summed E-state index contributed by atoms with van der Waals surface area (Å²) in [6.07, 6.45) is 3.33. The number of rotatable bonds is 4. The highest BCUT2D eigenvalue weighted by Gasteiger charge is 2.16. The van der Waals surface area contributed by atoms with E-state index in [1.807, 2.05) is 43.7 Å².